The largest absolute Gasteiger partial charge is 0.292 e. The van der Waals surface area contributed by atoms with Crippen molar-refractivity contribution in [2.75, 3.05) is 13.6 Å². The van der Waals surface area contributed by atoms with Crippen LogP contribution < -0.4 is 10.9 Å². The van der Waals surface area contributed by atoms with Crippen LogP contribution in [-0.4, -0.2) is 30.3 Å². The number of hydrogen-bond donors (Lipinski definition) is 2. The molecule has 0 unspecified atom stereocenters. The van der Waals surface area contributed by atoms with E-state index >= 15 is 0 Å². The maximum Gasteiger partial charge on any atom is 0.252 e. The number of hydrazine groups is 1. The molecule has 0 aliphatic carbocycles. The molecule has 0 aliphatic heterocycles. The molecule has 0 aromatic carbocycles. The Hall–Kier alpha value is -0.920. The summed E-state index contributed by atoms with van der Waals surface area (Å²) in [4.78, 5) is 25.0. The first-order valence-electron chi connectivity index (χ1n) is 4.95. The lowest BCUT2D eigenvalue weighted by Crippen LogP contribution is -2.44. The Bertz CT molecular complexity index is 408. The summed E-state index contributed by atoms with van der Waals surface area (Å²) >= 11 is 5.02. The van der Waals surface area contributed by atoms with E-state index < -0.39 is 0 Å². The monoisotopic (exact) mass is 319 g/mol. The number of nitrogens with zero attached hydrogens (tertiary/aromatic N) is 1. The van der Waals surface area contributed by atoms with Gasteiger partial charge in [0.2, 0.25) is 5.91 Å². The SMILES string of the molecule is CC(=O)NNC(=O)CN(C)Cc1ccc(Br)s1. The minimum absolute atomic E-state index is 0.232. The maximum atomic E-state index is 11.4. The third kappa shape index (κ3) is 5.81. The van der Waals surface area contributed by atoms with Crippen LogP contribution in [0, 0.1) is 0 Å². The lowest BCUT2D eigenvalue weighted by molar-refractivity contribution is -0.128. The van der Waals surface area contributed by atoms with Gasteiger partial charge < -0.3 is 0 Å². The van der Waals surface area contributed by atoms with Crippen LogP contribution in [0.1, 0.15) is 11.8 Å². The lowest BCUT2D eigenvalue weighted by Gasteiger charge is -2.15. The van der Waals surface area contributed by atoms with Gasteiger partial charge in [-0.3, -0.25) is 25.3 Å². The van der Waals surface area contributed by atoms with Crippen molar-refractivity contribution in [1.82, 2.24) is 15.8 Å². The number of halogens is 1. The molecular weight excluding hydrogens is 306 g/mol. The van der Waals surface area contributed by atoms with Gasteiger partial charge in [0.25, 0.3) is 5.91 Å². The third-order valence-corrected chi connectivity index (χ3v) is 3.45. The second-order valence-corrected chi connectivity index (χ2v) is 6.16. The predicted octanol–water partition coefficient (Wildman–Crippen LogP) is 1.11. The summed E-state index contributed by atoms with van der Waals surface area (Å²) in [5.74, 6) is -0.526. The summed E-state index contributed by atoms with van der Waals surface area (Å²) in [5.41, 5.74) is 4.57. The molecule has 7 heteroatoms. The average Bonchev–Trinajstić information content (AvgIpc) is 2.60. The zero-order valence-electron chi connectivity index (χ0n) is 9.62. The fourth-order valence-electron chi connectivity index (χ4n) is 1.20. The van der Waals surface area contributed by atoms with Crippen LogP contribution in [0.25, 0.3) is 0 Å². The van der Waals surface area contributed by atoms with Crippen LogP contribution in [0.3, 0.4) is 0 Å². The van der Waals surface area contributed by atoms with Crippen molar-refractivity contribution in [3.8, 4) is 0 Å². The van der Waals surface area contributed by atoms with Gasteiger partial charge in [-0.25, -0.2) is 0 Å². The fraction of sp³-hybridized carbons (Fsp3) is 0.400. The van der Waals surface area contributed by atoms with Crippen molar-refractivity contribution in [2.24, 2.45) is 0 Å². The topological polar surface area (TPSA) is 61.4 Å². The molecule has 5 nitrogen and oxygen atoms in total. The standard InChI is InChI=1S/C10H14BrN3O2S/c1-7(15)12-13-10(16)6-14(2)5-8-3-4-9(11)17-8/h3-4H,5-6H2,1-2H3,(H,12,15)(H,13,16). The Balaban J connectivity index is 2.31. The fourth-order valence-corrected chi connectivity index (χ4v) is 2.76. The Labute approximate surface area is 112 Å². The molecule has 1 aromatic rings. The van der Waals surface area contributed by atoms with Crippen LogP contribution in [0.4, 0.5) is 0 Å². The van der Waals surface area contributed by atoms with Gasteiger partial charge in [0.15, 0.2) is 0 Å². The van der Waals surface area contributed by atoms with Crippen molar-refractivity contribution in [1.29, 1.82) is 0 Å². The number of rotatable bonds is 4. The Kier molecular flexibility index (Phi) is 5.60. The molecule has 1 rings (SSSR count). The first-order valence-corrected chi connectivity index (χ1v) is 6.56. The number of thiophene rings is 1. The van der Waals surface area contributed by atoms with Crippen molar-refractivity contribution in [2.45, 2.75) is 13.5 Å². The van der Waals surface area contributed by atoms with Crippen molar-refractivity contribution < 1.29 is 9.59 Å². The molecule has 2 amide bonds. The zero-order valence-corrected chi connectivity index (χ0v) is 12.0. The highest BCUT2D eigenvalue weighted by molar-refractivity contribution is 9.11. The van der Waals surface area contributed by atoms with Crippen LogP contribution in [0.2, 0.25) is 0 Å². The molecule has 0 aliphatic rings. The molecule has 0 atom stereocenters. The lowest BCUT2D eigenvalue weighted by atomic mass is 10.4. The van der Waals surface area contributed by atoms with Crippen molar-refractivity contribution >= 4 is 39.1 Å². The molecule has 94 valence electrons. The highest BCUT2D eigenvalue weighted by Gasteiger charge is 2.08. The predicted molar refractivity (Wildman–Crippen MR) is 70.3 cm³/mol. The number of carbonyl (C=O) groups excluding carboxylic acids is 2. The normalized spacial score (nSPS) is 10.4. The molecule has 1 aromatic heterocycles. The smallest absolute Gasteiger partial charge is 0.252 e. The Morgan fingerprint density at radius 1 is 1.41 bits per heavy atom. The molecule has 2 N–H and O–H groups in total. The molecule has 0 saturated carbocycles. The van der Waals surface area contributed by atoms with E-state index in [1.54, 1.807) is 11.3 Å². The summed E-state index contributed by atoms with van der Waals surface area (Å²) in [5, 5.41) is 0. The van der Waals surface area contributed by atoms with Crippen molar-refractivity contribution in [3.05, 3.63) is 20.8 Å². The van der Waals surface area contributed by atoms with E-state index in [9.17, 15) is 9.59 Å². The van der Waals surface area contributed by atoms with Gasteiger partial charge in [0.1, 0.15) is 0 Å². The van der Waals surface area contributed by atoms with Gasteiger partial charge in [-0.05, 0) is 35.1 Å². The highest BCUT2D eigenvalue weighted by atomic mass is 79.9. The van der Waals surface area contributed by atoms with Gasteiger partial charge in [0, 0.05) is 18.3 Å². The number of nitrogens with one attached hydrogen (secondary N) is 2. The maximum absolute atomic E-state index is 11.4. The van der Waals surface area contributed by atoms with E-state index in [2.05, 4.69) is 26.8 Å². The van der Waals surface area contributed by atoms with Gasteiger partial charge in [0.05, 0.1) is 10.3 Å². The zero-order chi connectivity index (χ0) is 12.8. The molecule has 0 radical (unpaired) electrons. The number of hydrogen-bond acceptors (Lipinski definition) is 4. The minimum Gasteiger partial charge on any atom is -0.292 e. The van der Waals surface area contributed by atoms with Crippen LogP contribution in [0.5, 0.6) is 0 Å². The van der Waals surface area contributed by atoms with Gasteiger partial charge in [-0.15, -0.1) is 11.3 Å². The number of amides is 2. The van der Waals surface area contributed by atoms with Gasteiger partial charge in [-0.2, -0.15) is 0 Å². The summed E-state index contributed by atoms with van der Waals surface area (Å²) < 4.78 is 1.07. The van der Waals surface area contributed by atoms with E-state index in [1.807, 2.05) is 24.1 Å². The van der Waals surface area contributed by atoms with Crippen molar-refractivity contribution in [3.63, 3.8) is 0 Å². The second kappa shape index (κ2) is 6.73. The Morgan fingerprint density at radius 2 is 2.12 bits per heavy atom. The molecule has 17 heavy (non-hydrogen) atoms. The summed E-state index contributed by atoms with van der Waals surface area (Å²) in [6.45, 7) is 2.27. The summed E-state index contributed by atoms with van der Waals surface area (Å²) in [6.07, 6.45) is 0. The number of carbonyl (C=O) groups is 2. The molecule has 1 heterocycles. The number of likely N-dealkylation sites (N-methyl/N-ethyl adjacent to an activating group) is 1. The molecular formula is C10H14BrN3O2S. The molecule has 0 bridgehead atoms. The van der Waals surface area contributed by atoms with E-state index in [0.717, 1.165) is 3.79 Å². The van der Waals surface area contributed by atoms with Gasteiger partial charge in [-0.1, -0.05) is 0 Å². The highest BCUT2D eigenvalue weighted by Crippen LogP contribution is 2.22. The first-order chi connectivity index (χ1) is 7.97. The average molecular weight is 320 g/mol. The van der Waals surface area contributed by atoms with Gasteiger partial charge >= 0.3 is 0 Å². The van der Waals surface area contributed by atoms with E-state index in [4.69, 9.17) is 0 Å². The second-order valence-electron chi connectivity index (χ2n) is 3.61. The third-order valence-electron chi connectivity index (χ3n) is 1.85. The molecule has 0 spiro atoms. The summed E-state index contributed by atoms with van der Waals surface area (Å²) in [7, 11) is 1.85. The Morgan fingerprint density at radius 3 is 2.65 bits per heavy atom. The van der Waals surface area contributed by atoms with E-state index in [-0.39, 0.29) is 18.4 Å². The van der Waals surface area contributed by atoms with E-state index in [1.165, 1.54) is 11.8 Å². The minimum atomic E-state index is -0.289. The molecule has 0 fully saturated rings. The van der Waals surface area contributed by atoms with Crippen LogP contribution in [0.15, 0.2) is 15.9 Å². The first kappa shape index (κ1) is 14.1. The quantitative estimate of drug-likeness (QED) is 0.817. The van der Waals surface area contributed by atoms with Crippen LogP contribution in [-0.2, 0) is 16.1 Å². The molecule has 0 saturated heterocycles. The van der Waals surface area contributed by atoms with E-state index in [0.29, 0.717) is 6.54 Å². The van der Waals surface area contributed by atoms with Crippen LogP contribution >= 0.6 is 27.3 Å². The summed E-state index contributed by atoms with van der Waals surface area (Å²) in [6, 6.07) is 3.99.